The number of amides is 1. The second kappa shape index (κ2) is 6.94. The molecule has 22 heavy (non-hydrogen) atoms. The number of rotatable bonds is 5. The molecule has 1 amide bonds. The number of para-hydroxylation sites is 1. The van der Waals surface area contributed by atoms with Gasteiger partial charge in [-0.2, -0.15) is 0 Å². The number of hydrogen-bond acceptors (Lipinski definition) is 3. The Morgan fingerprint density at radius 2 is 2.14 bits per heavy atom. The summed E-state index contributed by atoms with van der Waals surface area (Å²) in [5.41, 5.74) is 1.55. The molecule has 1 aliphatic rings. The standard InChI is InChI=1S/C17H23N4O/c1-20-10-12-21(13-11-20)9-3-7-19-17(22)15-5-2-4-14-6-8-18-16(14)15/h2,4-5,8,18H,3,7,9-13H2,1H3,(H,19,22). The van der Waals surface area contributed by atoms with Crippen LogP contribution in [-0.4, -0.2) is 67.0 Å². The van der Waals surface area contributed by atoms with Crippen molar-refractivity contribution in [1.29, 1.82) is 0 Å². The smallest absolute Gasteiger partial charge is 0.253 e. The van der Waals surface area contributed by atoms with Crippen molar-refractivity contribution in [3.8, 4) is 0 Å². The van der Waals surface area contributed by atoms with E-state index in [1.54, 1.807) is 6.20 Å². The Hall–Kier alpha value is -1.85. The van der Waals surface area contributed by atoms with Crippen molar-refractivity contribution in [2.45, 2.75) is 6.42 Å². The van der Waals surface area contributed by atoms with E-state index in [4.69, 9.17) is 0 Å². The average molecular weight is 299 g/mol. The molecule has 3 rings (SSSR count). The van der Waals surface area contributed by atoms with Crippen molar-refractivity contribution in [3.05, 3.63) is 36.0 Å². The van der Waals surface area contributed by atoms with Crippen LogP contribution in [0.2, 0.25) is 0 Å². The minimum atomic E-state index is -0.0140. The molecule has 5 heteroatoms. The number of benzene rings is 1. The molecule has 1 aliphatic heterocycles. The van der Waals surface area contributed by atoms with Gasteiger partial charge in [-0.15, -0.1) is 0 Å². The molecule has 5 nitrogen and oxygen atoms in total. The van der Waals surface area contributed by atoms with Crippen LogP contribution in [-0.2, 0) is 0 Å². The Morgan fingerprint density at radius 3 is 2.95 bits per heavy atom. The summed E-state index contributed by atoms with van der Waals surface area (Å²) in [6.07, 6.45) is 2.73. The van der Waals surface area contributed by atoms with Gasteiger partial charge in [0.15, 0.2) is 0 Å². The van der Waals surface area contributed by atoms with Gasteiger partial charge in [0.1, 0.15) is 0 Å². The second-order valence-electron chi connectivity index (χ2n) is 5.92. The monoisotopic (exact) mass is 299 g/mol. The Kier molecular flexibility index (Phi) is 4.75. The van der Waals surface area contributed by atoms with Gasteiger partial charge in [-0.05, 0) is 26.1 Å². The van der Waals surface area contributed by atoms with Crippen LogP contribution in [0.4, 0.5) is 0 Å². The highest BCUT2D eigenvalue weighted by Gasteiger charge is 2.13. The van der Waals surface area contributed by atoms with Crippen molar-refractivity contribution >= 4 is 16.8 Å². The molecule has 1 aromatic carbocycles. The van der Waals surface area contributed by atoms with Gasteiger partial charge in [0.2, 0.25) is 0 Å². The molecular formula is C17H23N4O. The van der Waals surface area contributed by atoms with E-state index in [9.17, 15) is 4.79 Å². The number of nitrogens with zero attached hydrogens (tertiary/aromatic N) is 2. The quantitative estimate of drug-likeness (QED) is 0.819. The maximum Gasteiger partial charge on any atom is 0.253 e. The molecule has 1 fully saturated rings. The molecule has 0 spiro atoms. The van der Waals surface area contributed by atoms with Crippen molar-refractivity contribution < 1.29 is 4.79 Å². The van der Waals surface area contributed by atoms with Crippen LogP contribution in [0.15, 0.2) is 24.4 Å². The van der Waals surface area contributed by atoms with E-state index < -0.39 is 0 Å². The highest BCUT2D eigenvalue weighted by molar-refractivity contribution is 6.05. The molecule has 0 atom stereocenters. The zero-order valence-corrected chi connectivity index (χ0v) is 13.1. The summed E-state index contributed by atoms with van der Waals surface area (Å²) < 4.78 is 0. The molecule has 0 aliphatic carbocycles. The van der Waals surface area contributed by atoms with Crippen LogP contribution >= 0.6 is 0 Å². The number of fused-ring (bicyclic) bond motifs is 1. The van der Waals surface area contributed by atoms with Gasteiger partial charge in [-0.25, -0.2) is 0 Å². The Bertz CT molecular complexity index is 628. The number of hydrogen-bond donors (Lipinski definition) is 2. The summed E-state index contributed by atoms with van der Waals surface area (Å²) in [4.78, 5) is 20.2. The maximum absolute atomic E-state index is 12.3. The van der Waals surface area contributed by atoms with Gasteiger partial charge in [-0.1, -0.05) is 12.1 Å². The van der Waals surface area contributed by atoms with E-state index in [0.717, 1.165) is 50.0 Å². The Morgan fingerprint density at radius 1 is 1.32 bits per heavy atom. The lowest BCUT2D eigenvalue weighted by Gasteiger charge is -2.32. The molecule has 1 aromatic heterocycles. The first-order chi connectivity index (χ1) is 10.7. The predicted molar refractivity (Wildman–Crippen MR) is 88.0 cm³/mol. The van der Waals surface area contributed by atoms with Crippen LogP contribution in [0.3, 0.4) is 0 Å². The summed E-state index contributed by atoms with van der Waals surface area (Å²) in [7, 11) is 2.16. The third kappa shape index (κ3) is 3.48. The number of carbonyl (C=O) groups excluding carboxylic acids is 1. The summed E-state index contributed by atoms with van der Waals surface area (Å²) in [6, 6.07) is 8.78. The fraction of sp³-hybridized carbons (Fsp3) is 0.471. The molecule has 1 radical (unpaired) electrons. The normalized spacial score (nSPS) is 17.0. The van der Waals surface area contributed by atoms with Crippen LogP contribution in [0.1, 0.15) is 16.8 Å². The Labute approximate surface area is 131 Å². The fourth-order valence-corrected chi connectivity index (χ4v) is 2.87. The number of piperazine rings is 1. The summed E-state index contributed by atoms with van der Waals surface area (Å²) in [5.74, 6) is -0.0140. The lowest BCUT2D eigenvalue weighted by Crippen LogP contribution is -2.45. The number of likely N-dealkylation sites (N-methyl/N-ethyl adjacent to an activating group) is 1. The number of nitrogens with one attached hydrogen (secondary N) is 2. The van der Waals surface area contributed by atoms with Gasteiger partial charge < -0.3 is 20.1 Å². The number of aromatic amines is 1. The van der Waals surface area contributed by atoms with Crippen molar-refractivity contribution in [2.75, 3.05) is 46.3 Å². The van der Waals surface area contributed by atoms with Gasteiger partial charge >= 0.3 is 0 Å². The van der Waals surface area contributed by atoms with Crippen LogP contribution in [0, 0.1) is 6.07 Å². The molecular weight excluding hydrogens is 276 g/mol. The second-order valence-corrected chi connectivity index (χ2v) is 5.92. The zero-order chi connectivity index (χ0) is 15.4. The minimum absolute atomic E-state index is 0.0140. The Balaban J connectivity index is 1.46. The van der Waals surface area contributed by atoms with Crippen LogP contribution < -0.4 is 5.32 Å². The third-order valence-corrected chi connectivity index (χ3v) is 4.29. The third-order valence-electron chi connectivity index (χ3n) is 4.29. The lowest BCUT2D eigenvalue weighted by atomic mass is 10.1. The summed E-state index contributed by atoms with van der Waals surface area (Å²) in [6.45, 7) is 6.29. The topological polar surface area (TPSA) is 51.4 Å². The summed E-state index contributed by atoms with van der Waals surface area (Å²) in [5, 5.41) is 3.97. The number of carbonyl (C=O) groups is 1. The first kappa shape index (κ1) is 15.1. The van der Waals surface area contributed by atoms with E-state index in [1.165, 1.54) is 0 Å². The van der Waals surface area contributed by atoms with Gasteiger partial charge in [0.25, 0.3) is 5.91 Å². The van der Waals surface area contributed by atoms with Gasteiger partial charge in [0.05, 0.1) is 11.1 Å². The minimum Gasteiger partial charge on any atom is -0.360 e. The zero-order valence-electron chi connectivity index (χ0n) is 13.1. The molecule has 0 unspecified atom stereocenters. The molecule has 1 saturated heterocycles. The van der Waals surface area contributed by atoms with Crippen molar-refractivity contribution in [1.82, 2.24) is 20.1 Å². The molecule has 2 N–H and O–H groups in total. The van der Waals surface area contributed by atoms with Crippen LogP contribution in [0.5, 0.6) is 0 Å². The lowest BCUT2D eigenvalue weighted by molar-refractivity contribution is 0.0951. The van der Waals surface area contributed by atoms with Gasteiger partial charge in [0, 0.05) is 50.4 Å². The maximum atomic E-state index is 12.3. The van der Waals surface area contributed by atoms with E-state index in [1.807, 2.05) is 18.2 Å². The average Bonchev–Trinajstić information content (AvgIpc) is 3.01. The number of H-pyrrole nitrogens is 1. The SMILES string of the molecule is CN1CCN(CCCNC(=O)c2cccc3[c]c[nH]c23)CC1. The van der Waals surface area contributed by atoms with Crippen molar-refractivity contribution in [3.63, 3.8) is 0 Å². The highest BCUT2D eigenvalue weighted by atomic mass is 16.1. The van der Waals surface area contributed by atoms with E-state index in [2.05, 4.69) is 33.2 Å². The largest absolute Gasteiger partial charge is 0.360 e. The highest BCUT2D eigenvalue weighted by Crippen LogP contribution is 2.16. The molecule has 0 saturated carbocycles. The fourth-order valence-electron chi connectivity index (χ4n) is 2.87. The molecule has 117 valence electrons. The van der Waals surface area contributed by atoms with E-state index in [0.29, 0.717) is 12.1 Å². The van der Waals surface area contributed by atoms with E-state index >= 15 is 0 Å². The van der Waals surface area contributed by atoms with E-state index in [-0.39, 0.29) is 5.91 Å². The molecule has 2 heterocycles. The summed E-state index contributed by atoms with van der Waals surface area (Å²) >= 11 is 0. The predicted octanol–water partition coefficient (Wildman–Crippen LogP) is 1.34. The van der Waals surface area contributed by atoms with Gasteiger partial charge in [-0.3, -0.25) is 4.79 Å². The van der Waals surface area contributed by atoms with Crippen molar-refractivity contribution in [2.24, 2.45) is 0 Å². The number of aromatic nitrogens is 1. The first-order valence-electron chi connectivity index (χ1n) is 7.91. The molecule has 2 aromatic rings. The van der Waals surface area contributed by atoms with Crippen LogP contribution in [0.25, 0.3) is 10.9 Å². The first-order valence-corrected chi connectivity index (χ1v) is 7.91. The molecule has 0 bridgehead atoms.